The maximum atomic E-state index is 10.6. The third-order valence-corrected chi connectivity index (χ3v) is 5.92. The van der Waals surface area contributed by atoms with Crippen molar-refractivity contribution >= 4 is 23.4 Å². The fourth-order valence-electron chi connectivity index (χ4n) is 4.06. The molecular formula is C23H24F6N6O6. The molecular weight excluding hydrogens is 570 g/mol. The van der Waals surface area contributed by atoms with Gasteiger partial charge in [0.25, 0.3) is 0 Å². The number of nitrogens with zero attached hydrogens (tertiary/aromatic N) is 6. The Morgan fingerprint density at radius 1 is 1.05 bits per heavy atom. The molecule has 0 aliphatic carbocycles. The highest BCUT2D eigenvalue weighted by atomic mass is 19.4. The van der Waals surface area contributed by atoms with Crippen molar-refractivity contribution in [1.82, 2.24) is 24.8 Å². The lowest BCUT2D eigenvalue weighted by molar-refractivity contribution is -0.193. The average molecular weight is 594 g/mol. The van der Waals surface area contributed by atoms with Crippen LogP contribution in [0.1, 0.15) is 19.3 Å². The van der Waals surface area contributed by atoms with Gasteiger partial charge in [-0.15, -0.1) is 15.3 Å². The van der Waals surface area contributed by atoms with E-state index in [1.165, 1.54) is 0 Å². The number of carbonyl (C=O) groups is 2. The van der Waals surface area contributed by atoms with Crippen molar-refractivity contribution in [2.24, 2.45) is 5.92 Å². The summed E-state index contributed by atoms with van der Waals surface area (Å²) in [6.45, 7) is 3.28. The maximum Gasteiger partial charge on any atom is 0.490 e. The molecule has 5 rings (SSSR count). The molecule has 0 amide bonds. The van der Waals surface area contributed by atoms with E-state index < -0.39 is 24.3 Å². The summed E-state index contributed by atoms with van der Waals surface area (Å²) in [6, 6.07) is 9.68. The third kappa shape index (κ3) is 9.16. The van der Waals surface area contributed by atoms with Crippen molar-refractivity contribution in [3.8, 4) is 5.88 Å². The van der Waals surface area contributed by atoms with E-state index in [1.807, 2.05) is 30.3 Å². The molecule has 3 aromatic rings. The molecule has 3 aromatic heterocycles. The summed E-state index contributed by atoms with van der Waals surface area (Å²) in [6.07, 6.45) is -3.58. The molecule has 0 saturated carbocycles. The minimum absolute atomic E-state index is 0.0439. The van der Waals surface area contributed by atoms with Gasteiger partial charge in [-0.05, 0) is 43.4 Å². The van der Waals surface area contributed by atoms with Crippen LogP contribution in [-0.2, 0) is 14.3 Å². The Morgan fingerprint density at radius 2 is 1.71 bits per heavy atom. The zero-order chi connectivity index (χ0) is 30.3. The zero-order valence-corrected chi connectivity index (χ0v) is 21.0. The fraction of sp³-hybridized carbons (Fsp3) is 0.478. The zero-order valence-electron chi connectivity index (χ0n) is 21.0. The SMILES string of the molecule is O=C(O)C(F)(F)F.O=C(O)C(F)(F)F.c1ccc(OCCC2CCOC3(C2)CN(c2ccc4nncn4n2)C3)nc1. The number of carboxylic acids is 2. The van der Waals surface area contributed by atoms with Crippen LogP contribution >= 0.6 is 0 Å². The van der Waals surface area contributed by atoms with E-state index in [4.69, 9.17) is 29.3 Å². The normalized spacial score (nSPS) is 17.9. The number of halogens is 6. The van der Waals surface area contributed by atoms with Crippen LogP contribution in [0.15, 0.2) is 42.9 Å². The van der Waals surface area contributed by atoms with Gasteiger partial charge in [0.15, 0.2) is 5.65 Å². The molecule has 224 valence electrons. The predicted octanol–water partition coefficient (Wildman–Crippen LogP) is 3.24. The van der Waals surface area contributed by atoms with E-state index in [0.717, 1.165) is 50.4 Å². The second-order valence-corrected chi connectivity index (χ2v) is 8.98. The topological polar surface area (TPSA) is 152 Å². The Balaban J connectivity index is 0.000000276. The number of carboxylic acid groups (broad SMARTS) is 2. The largest absolute Gasteiger partial charge is 0.490 e. The highest BCUT2D eigenvalue weighted by molar-refractivity contribution is 5.73. The van der Waals surface area contributed by atoms with Gasteiger partial charge in [0.1, 0.15) is 17.7 Å². The molecule has 2 aliphatic rings. The van der Waals surface area contributed by atoms with Crippen molar-refractivity contribution < 1.29 is 55.6 Å². The molecule has 0 bridgehead atoms. The minimum Gasteiger partial charge on any atom is -0.478 e. The number of pyridine rings is 1. The van der Waals surface area contributed by atoms with E-state index in [1.54, 1.807) is 17.0 Å². The van der Waals surface area contributed by atoms with E-state index in [9.17, 15) is 26.3 Å². The molecule has 18 heteroatoms. The van der Waals surface area contributed by atoms with E-state index >= 15 is 0 Å². The molecule has 2 N–H and O–H groups in total. The van der Waals surface area contributed by atoms with Crippen LogP contribution in [0.2, 0.25) is 0 Å². The van der Waals surface area contributed by atoms with Crippen LogP contribution in [0.5, 0.6) is 5.88 Å². The van der Waals surface area contributed by atoms with E-state index in [0.29, 0.717) is 18.4 Å². The average Bonchev–Trinajstić information content (AvgIpc) is 3.36. The number of aliphatic carboxylic acids is 2. The van der Waals surface area contributed by atoms with Crippen molar-refractivity contribution in [2.75, 3.05) is 31.2 Å². The minimum atomic E-state index is -5.08. The Kier molecular flexibility index (Phi) is 9.90. The van der Waals surface area contributed by atoms with Crippen molar-refractivity contribution in [3.63, 3.8) is 0 Å². The summed E-state index contributed by atoms with van der Waals surface area (Å²) >= 11 is 0. The van der Waals surface area contributed by atoms with Crippen molar-refractivity contribution in [2.45, 2.75) is 37.2 Å². The molecule has 2 aliphatic heterocycles. The molecule has 1 atom stereocenters. The van der Waals surface area contributed by atoms with Crippen LogP contribution < -0.4 is 9.64 Å². The van der Waals surface area contributed by atoms with Crippen LogP contribution in [0.4, 0.5) is 32.2 Å². The maximum absolute atomic E-state index is 10.6. The van der Waals surface area contributed by atoms with Gasteiger partial charge in [0.2, 0.25) is 5.88 Å². The standard InChI is InChI=1S/C19H22N6O2.2C2HF3O2/c1-2-8-20-18(3-1)26-9-6-15-7-10-27-19(11-15)12-24(13-19)17-5-4-16-22-21-14-25(16)23-17;2*3-2(4,5)1(6)7/h1-5,8,14-15H,6-7,9-13H2;2*(H,6,7). The summed E-state index contributed by atoms with van der Waals surface area (Å²) in [5.74, 6) is -3.25. The summed E-state index contributed by atoms with van der Waals surface area (Å²) in [5.41, 5.74) is 0.716. The fourth-order valence-corrected chi connectivity index (χ4v) is 4.06. The second-order valence-electron chi connectivity index (χ2n) is 8.98. The molecule has 1 unspecified atom stereocenters. The Morgan fingerprint density at radius 3 is 2.29 bits per heavy atom. The van der Waals surface area contributed by atoms with Gasteiger partial charge in [-0.25, -0.2) is 14.6 Å². The van der Waals surface area contributed by atoms with Gasteiger partial charge in [0.05, 0.1) is 19.7 Å². The Bertz CT molecular complexity index is 1280. The molecule has 2 fully saturated rings. The predicted molar refractivity (Wildman–Crippen MR) is 126 cm³/mol. The number of hydrogen-bond donors (Lipinski definition) is 2. The molecule has 41 heavy (non-hydrogen) atoms. The number of fused-ring (bicyclic) bond motifs is 1. The van der Waals surface area contributed by atoms with Gasteiger partial charge in [-0.1, -0.05) is 6.07 Å². The van der Waals surface area contributed by atoms with Crippen molar-refractivity contribution in [3.05, 3.63) is 42.9 Å². The first-order chi connectivity index (χ1) is 19.2. The molecule has 0 aromatic carbocycles. The number of ether oxygens (including phenoxy) is 2. The number of alkyl halides is 6. The number of aromatic nitrogens is 5. The summed E-state index contributed by atoms with van der Waals surface area (Å²) in [7, 11) is 0. The lowest BCUT2D eigenvalue weighted by Crippen LogP contribution is -2.65. The number of hydrogen-bond acceptors (Lipinski definition) is 9. The highest BCUT2D eigenvalue weighted by Crippen LogP contribution is 2.39. The molecule has 1 spiro atoms. The van der Waals surface area contributed by atoms with Crippen molar-refractivity contribution in [1.29, 1.82) is 0 Å². The van der Waals surface area contributed by atoms with Crippen LogP contribution in [0, 0.1) is 5.92 Å². The van der Waals surface area contributed by atoms with Gasteiger partial charge >= 0.3 is 24.3 Å². The first-order valence-corrected chi connectivity index (χ1v) is 11.9. The Hall–Kier alpha value is -4.22. The van der Waals surface area contributed by atoms with Gasteiger partial charge in [-0.3, -0.25) is 0 Å². The van der Waals surface area contributed by atoms with Gasteiger partial charge in [0, 0.05) is 18.9 Å². The van der Waals surface area contributed by atoms with Gasteiger partial charge < -0.3 is 24.6 Å². The van der Waals surface area contributed by atoms with E-state index in [2.05, 4.69) is 25.2 Å². The quantitative estimate of drug-likeness (QED) is 0.419. The lowest BCUT2D eigenvalue weighted by Gasteiger charge is -2.53. The van der Waals surface area contributed by atoms with E-state index in [-0.39, 0.29) is 5.60 Å². The number of anilines is 1. The number of rotatable bonds is 5. The molecule has 2 saturated heterocycles. The highest BCUT2D eigenvalue weighted by Gasteiger charge is 2.48. The third-order valence-electron chi connectivity index (χ3n) is 5.92. The van der Waals surface area contributed by atoms with Gasteiger partial charge in [-0.2, -0.15) is 30.9 Å². The summed E-state index contributed by atoms with van der Waals surface area (Å²) in [5, 5.41) is 26.7. The van der Waals surface area contributed by atoms with Crippen LogP contribution in [0.25, 0.3) is 5.65 Å². The summed E-state index contributed by atoms with van der Waals surface area (Å²) < 4.78 is 77.1. The smallest absolute Gasteiger partial charge is 0.478 e. The first kappa shape index (κ1) is 31.3. The monoisotopic (exact) mass is 594 g/mol. The summed E-state index contributed by atoms with van der Waals surface area (Å²) in [4.78, 5) is 24.3. The van der Waals surface area contributed by atoms with Crippen LogP contribution in [-0.4, -0.2) is 91.2 Å². The first-order valence-electron chi connectivity index (χ1n) is 11.9. The molecule has 12 nitrogen and oxygen atoms in total. The molecule has 5 heterocycles. The Labute approximate surface area is 227 Å². The van der Waals surface area contributed by atoms with Crippen LogP contribution in [0.3, 0.4) is 0 Å². The lowest BCUT2D eigenvalue weighted by atomic mass is 9.79. The second kappa shape index (κ2) is 13.0. The molecule has 0 radical (unpaired) electrons.